The minimum atomic E-state index is -0.0794. The number of ketones is 1. The summed E-state index contributed by atoms with van der Waals surface area (Å²) in [5, 5.41) is 5.60. The summed E-state index contributed by atoms with van der Waals surface area (Å²) in [6.45, 7) is 0. The molecule has 0 saturated heterocycles. The Kier molecular flexibility index (Phi) is 1.45. The van der Waals surface area contributed by atoms with Gasteiger partial charge in [0, 0.05) is 16.5 Å². The summed E-state index contributed by atoms with van der Waals surface area (Å²) < 4.78 is 0. The molecule has 0 heterocycles. The number of carbonyl (C=O) groups excluding carboxylic acids is 1. The summed E-state index contributed by atoms with van der Waals surface area (Å²) in [6.07, 6.45) is 0. The summed E-state index contributed by atoms with van der Waals surface area (Å²) in [5.74, 6) is 5.17. The first-order valence-electron chi connectivity index (χ1n) is 4.67. The minimum Gasteiger partial charge on any atom is -0.323 e. The molecule has 0 unspecified atom stereocenters. The minimum absolute atomic E-state index is 0.0794. The van der Waals surface area contributed by atoms with Gasteiger partial charge in [-0.05, 0) is 5.39 Å². The number of Topliss-reactive ketones (excluding diaryl/α,β-unsaturated/α-hetero) is 1. The van der Waals surface area contributed by atoms with Gasteiger partial charge in [-0.2, -0.15) is 5.10 Å². The third kappa shape index (κ3) is 0.892. The van der Waals surface area contributed by atoms with E-state index in [1.165, 1.54) is 0 Å². The third-order valence-corrected chi connectivity index (χ3v) is 2.75. The van der Waals surface area contributed by atoms with E-state index in [0.717, 1.165) is 16.3 Å². The Morgan fingerprint density at radius 1 is 1.00 bits per heavy atom. The fourth-order valence-electron chi connectivity index (χ4n) is 2.11. The molecule has 3 nitrogen and oxygen atoms in total. The standard InChI is InChI=1S/C12H8N2O/c13-14-11-8-5-1-3-7-4-2-6-9(10(7)8)12(11)15/h1-6H,13H2/b14-11-. The van der Waals surface area contributed by atoms with Crippen LogP contribution in [-0.2, 0) is 0 Å². The second-order valence-corrected chi connectivity index (χ2v) is 3.52. The van der Waals surface area contributed by atoms with Crippen molar-refractivity contribution in [1.82, 2.24) is 0 Å². The molecule has 0 radical (unpaired) electrons. The van der Waals surface area contributed by atoms with Crippen LogP contribution < -0.4 is 5.84 Å². The molecule has 2 N–H and O–H groups in total. The van der Waals surface area contributed by atoms with E-state index < -0.39 is 0 Å². The Morgan fingerprint density at radius 3 is 2.33 bits per heavy atom. The lowest BCUT2D eigenvalue weighted by atomic mass is 10.1. The highest BCUT2D eigenvalue weighted by atomic mass is 16.1. The molecule has 72 valence electrons. The van der Waals surface area contributed by atoms with Gasteiger partial charge in [-0.25, -0.2) is 0 Å². The lowest BCUT2D eigenvalue weighted by Crippen LogP contribution is -2.10. The van der Waals surface area contributed by atoms with E-state index >= 15 is 0 Å². The topological polar surface area (TPSA) is 55.4 Å². The maximum absolute atomic E-state index is 11.9. The fraction of sp³-hybridized carbons (Fsp3) is 0. The van der Waals surface area contributed by atoms with Crippen LogP contribution >= 0.6 is 0 Å². The third-order valence-electron chi connectivity index (χ3n) is 2.75. The molecule has 2 aromatic carbocycles. The first-order valence-corrected chi connectivity index (χ1v) is 4.67. The molecule has 0 spiro atoms. The highest BCUT2D eigenvalue weighted by Crippen LogP contribution is 2.30. The maximum atomic E-state index is 11.9. The Balaban J connectivity index is 2.56. The van der Waals surface area contributed by atoms with Crippen molar-refractivity contribution in [3.63, 3.8) is 0 Å². The Bertz CT molecular complexity index is 609. The van der Waals surface area contributed by atoms with Gasteiger partial charge in [0.2, 0.25) is 5.78 Å². The van der Waals surface area contributed by atoms with Gasteiger partial charge in [0.25, 0.3) is 0 Å². The number of nitrogens with zero attached hydrogens (tertiary/aromatic N) is 1. The molecular weight excluding hydrogens is 188 g/mol. The van der Waals surface area contributed by atoms with Crippen molar-refractivity contribution in [2.24, 2.45) is 10.9 Å². The number of carbonyl (C=O) groups is 1. The van der Waals surface area contributed by atoms with Crippen molar-refractivity contribution in [2.75, 3.05) is 0 Å². The van der Waals surface area contributed by atoms with Crippen molar-refractivity contribution < 1.29 is 4.79 Å². The molecule has 0 atom stereocenters. The number of rotatable bonds is 0. The molecule has 0 bridgehead atoms. The number of benzene rings is 2. The number of hydrogen-bond donors (Lipinski definition) is 1. The van der Waals surface area contributed by atoms with Gasteiger partial charge >= 0.3 is 0 Å². The Morgan fingerprint density at radius 2 is 1.67 bits per heavy atom. The Labute approximate surface area is 86.2 Å². The van der Waals surface area contributed by atoms with Gasteiger partial charge in [-0.15, -0.1) is 0 Å². The predicted molar refractivity (Wildman–Crippen MR) is 59.0 cm³/mol. The van der Waals surface area contributed by atoms with Crippen LogP contribution in [0.2, 0.25) is 0 Å². The number of nitrogens with two attached hydrogens (primary N) is 1. The molecule has 0 saturated carbocycles. The second-order valence-electron chi connectivity index (χ2n) is 3.52. The van der Waals surface area contributed by atoms with Crippen LogP contribution in [0.4, 0.5) is 0 Å². The highest BCUT2D eigenvalue weighted by Gasteiger charge is 2.28. The van der Waals surface area contributed by atoms with Gasteiger partial charge in [0.05, 0.1) is 0 Å². The van der Waals surface area contributed by atoms with Gasteiger partial charge in [0.15, 0.2) is 0 Å². The van der Waals surface area contributed by atoms with E-state index in [4.69, 9.17) is 5.84 Å². The number of hydrazone groups is 1. The molecule has 0 aliphatic heterocycles. The second kappa shape index (κ2) is 2.67. The summed E-state index contributed by atoms with van der Waals surface area (Å²) in [5.41, 5.74) is 1.91. The quantitative estimate of drug-likeness (QED) is 0.515. The van der Waals surface area contributed by atoms with E-state index in [1.807, 2.05) is 36.4 Å². The van der Waals surface area contributed by atoms with Gasteiger partial charge in [-0.3, -0.25) is 4.79 Å². The van der Waals surface area contributed by atoms with Gasteiger partial charge in [0.1, 0.15) is 5.71 Å². The van der Waals surface area contributed by atoms with Crippen molar-refractivity contribution in [3.8, 4) is 0 Å². The van der Waals surface area contributed by atoms with Crippen molar-refractivity contribution >= 4 is 22.3 Å². The first-order chi connectivity index (χ1) is 7.33. The smallest absolute Gasteiger partial charge is 0.214 e. The molecule has 2 aromatic rings. The largest absolute Gasteiger partial charge is 0.323 e. The summed E-state index contributed by atoms with van der Waals surface area (Å²) in [4.78, 5) is 11.9. The number of hydrogen-bond acceptors (Lipinski definition) is 3. The average Bonchev–Trinajstić information content (AvgIpc) is 2.55. The lowest BCUT2D eigenvalue weighted by molar-refractivity contribution is 0.107. The summed E-state index contributed by atoms with van der Waals surface area (Å²) >= 11 is 0. The zero-order valence-corrected chi connectivity index (χ0v) is 7.90. The molecule has 3 heteroatoms. The first kappa shape index (κ1) is 8.17. The molecule has 1 aliphatic carbocycles. The molecule has 0 amide bonds. The van der Waals surface area contributed by atoms with Crippen LogP contribution in [0.3, 0.4) is 0 Å². The van der Waals surface area contributed by atoms with E-state index in [9.17, 15) is 4.79 Å². The summed E-state index contributed by atoms with van der Waals surface area (Å²) in [7, 11) is 0. The molecule has 3 rings (SSSR count). The molecule has 15 heavy (non-hydrogen) atoms. The SMILES string of the molecule is N/N=C1\C(=O)c2cccc3cccc1c23. The molecule has 1 aliphatic rings. The van der Waals surface area contributed by atoms with E-state index in [2.05, 4.69) is 5.10 Å². The van der Waals surface area contributed by atoms with Gasteiger partial charge < -0.3 is 5.84 Å². The van der Waals surface area contributed by atoms with Crippen molar-refractivity contribution in [2.45, 2.75) is 0 Å². The molecule has 0 aromatic heterocycles. The monoisotopic (exact) mass is 196 g/mol. The normalized spacial score (nSPS) is 16.5. The molecule has 0 fully saturated rings. The predicted octanol–water partition coefficient (Wildman–Crippen LogP) is 1.70. The van der Waals surface area contributed by atoms with E-state index in [1.54, 1.807) is 0 Å². The van der Waals surface area contributed by atoms with Crippen LogP contribution in [0.25, 0.3) is 10.8 Å². The molecular formula is C12H8N2O. The summed E-state index contributed by atoms with van der Waals surface area (Å²) in [6, 6.07) is 11.4. The van der Waals surface area contributed by atoms with Crippen LogP contribution in [0.1, 0.15) is 15.9 Å². The van der Waals surface area contributed by atoms with E-state index in [0.29, 0.717) is 11.3 Å². The fourth-order valence-corrected chi connectivity index (χ4v) is 2.11. The van der Waals surface area contributed by atoms with Crippen LogP contribution in [0.5, 0.6) is 0 Å². The van der Waals surface area contributed by atoms with Crippen molar-refractivity contribution in [1.29, 1.82) is 0 Å². The van der Waals surface area contributed by atoms with Crippen LogP contribution in [0, 0.1) is 0 Å². The highest BCUT2D eigenvalue weighted by molar-refractivity contribution is 6.59. The van der Waals surface area contributed by atoms with Crippen molar-refractivity contribution in [3.05, 3.63) is 47.5 Å². The zero-order valence-electron chi connectivity index (χ0n) is 7.90. The lowest BCUT2D eigenvalue weighted by Gasteiger charge is -1.98. The zero-order chi connectivity index (χ0) is 10.4. The Hall–Kier alpha value is -2.16. The average molecular weight is 196 g/mol. The van der Waals surface area contributed by atoms with E-state index in [-0.39, 0.29) is 5.78 Å². The van der Waals surface area contributed by atoms with Crippen LogP contribution in [-0.4, -0.2) is 11.5 Å². The van der Waals surface area contributed by atoms with Crippen LogP contribution in [0.15, 0.2) is 41.5 Å². The maximum Gasteiger partial charge on any atom is 0.214 e. The van der Waals surface area contributed by atoms with Gasteiger partial charge in [-0.1, -0.05) is 36.4 Å².